The molecule has 2 aromatic rings. The second-order valence-electron chi connectivity index (χ2n) is 6.42. The van der Waals surface area contributed by atoms with Crippen LogP contribution >= 0.6 is 0 Å². The predicted molar refractivity (Wildman–Crippen MR) is 101 cm³/mol. The Hall–Kier alpha value is -2.82. The van der Waals surface area contributed by atoms with Crippen molar-refractivity contribution in [1.82, 2.24) is 0 Å². The minimum Gasteiger partial charge on any atom is -0.376 e. The van der Waals surface area contributed by atoms with E-state index in [2.05, 4.69) is 10.6 Å². The van der Waals surface area contributed by atoms with Crippen LogP contribution in [-0.4, -0.2) is 24.9 Å². The molecule has 0 radical (unpaired) electrons. The first-order valence-electron chi connectivity index (χ1n) is 8.54. The number of benzene rings is 2. The molecular formula is C20H23N3O2. The lowest BCUT2D eigenvalue weighted by Crippen LogP contribution is -2.24. The Morgan fingerprint density at radius 2 is 1.88 bits per heavy atom. The largest absolute Gasteiger partial charge is 0.376 e. The van der Waals surface area contributed by atoms with Gasteiger partial charge in [0.25, 0.3) is 0 Å². The summed E-state index contributed by atoms with van der Waals surface area (Å²) >= 11 is 0. The Morgan fingerprint density at radius 3 is 2.52 bits per heavy atom. The zero-order chi connectivity index (χ0) is 17.8. The van der Waals surface area contributed by atoms with Crippen LogP contribution in [0.25, 0.3) is 0 Å². The second kappa shape index (κ2) is 7.38. The molecule has 2 aromatic carbocycles. The SMILES string of the molecule is Cc1ccc(NC(=O)CNc2ccc(N3CCCC3=O)cc2)c(C)c1. The first kappa shape index (κ1) is 17.0. The minimum absolute atomic E-state index is 0.0919. The van der Waals surface area contributed by atoms with E-state index in [-0.39, 0.29) is 18.4 Å². The summed E-state index contributed by atoms with van der Waals surface area (Å²) in [5, 5.41) is 6.02. The van der Waals surface area contributed by atoms with Crippen molar-refractivity contribution in [2.24, 2.45) is 0 Å². The number of nitrogens with zero attached hydrogens (tertiary/aromatic N) is 1. The molecule has 25 heavy (non-hydrogen) atoms. The van der Waals surface area contributed by atoms with E-state index in [0.717, 1.165) is 35.6 Å². The molecule has 3 rings (SSSR count). The fourth-order valence-corrected chi connectivity index (χ4v) is 3.01. The smallest absolute Gasteiger partial charge is 0.243 e. The van der Waals surface area contributed by atoms with Crippen molar-refractivity contribution in [3.05, 3.63) is 53.6 Å². The lowest BCUT2D eigenvalue weighted by molar-refractivity contribution is -0.117. The van der Waals surface area contributed by atoms with E-state index >= 15 is 0 Å². The number of nitrogens with one attached hydrogen (secondary N) is 2. The highest BCUT2D eigenvalue weighted by Crippen LogP contribution is 2.23. The van der Waals surface area contributed by atoms with Crippen LogP contribution in [0.2, 0.25) is 0 Å². The first-order valence-corrected chi connectivity index (χ1v) is 8.54. The van der Waals surface area contributed by atoms with E-state index in [1.54, 1.807) is 4.90 Å². The van der Waals surface area contributed by atoms with Crippen molar-refractivity contribution in [3.8, 4) is 0 Å². The highest BCUT2D eigenvalue weighted by atomic mass is 16.2. The summed E-state index contributed by atoms with van der Waals surface area (Å²) in [6.07, 6.45) is 1.54. The summed E-state index contributed by atoms with van der Waals surface area (Å²) < 4.78 is 0. The van der Waals surface area contributed by atoms with Crippen LogP contribution < -0.4 is 15.5 Å². The number of carbonyl (C=O) groups is 2. The summed E-state index contributed by atoms with van der Waals surface area (Å²) in [4.78, 5) is 25.7. The van der Waals surface area contributed by atoms with Gasteiger partial charge in [-0.25, -0.2) is 0 Å². The maximum Gasteiger partial charge on any atom is 0.243 e. The van der Waals surface area contributed by atoms with Crippen molar-refractivity contribution >= 4 is 28.9 Å². The molecule has 5 heteroatoms. The molecule has 0 unspecified atom stereocenters. The van der Waals surface area contributed by atoms with Crippen molar-refractivity contribution in [3.63, 3.8) is 0 Å². The van der Waals surface area contributed by atoms with Crippen molar-refractivity contribution in [2.75, 3.05) is 28.6 Å². The van der Waals surface area contributed by atoms with Gasteiger partial charge in [0.05, 0.1) is 6.54 Å². The quantitative estimate of drug-likeness (QED) is 0.878. The summed E-state index contributed by atoms with van der Waals surface area (Å²) in [5.41, 5.74) is 4.82. The topological polar surface area (TPSA) is 61.4 Å². The van der Waals surface area contributed by atoms with Gasteiger partial charge in [-0.2, -0.15) is 0 Å². The molecule has 0 bridgehead atoms. The van der Waals surface area contributed by atoms with Gasteiger partial charge in [0, 0.05) is 30.0 Å². The van der Waals surface area contributed by atoms with Gasteiger partial charge >= 0.3 is 0 Å². The summed E-state index contributed by atoms with van der Waals surface area (Å²) in [6, 6.07) is 13.6. The Labute approximate surface area is 148 Å². The van der Waals surface area contributed by atoms with Crippen molar-refractivity contribution < 1.29 is 9.59 Å². The maximum atomic E-state index is 12.1. The fraction of sp³-hybridized carbons (Fsp3) is 0.300. The van der Waals surface area contributed by atoms with Crippen molar-refractivity contribution in [2.45, 2.75) is 26.7 Å². The first-order chi connectivity index (χ1) is 12.0. The number of amides is 2. The van der Waals surface area contributed by atoms with Crippen LogP contribution in [0.5, 0.6) is 0 Å². The van der Waals surface area contributed by atoms with Gasteiger partial charge in [0.2, 0.25) is 11.8 Å². The zero-order valence-corrected chi connectivity index (χ0v) is 14.6. The molecule has 0 aliphatic carbocycles. The van der Waals surface area contributed by atoms with E-state index in [1.807, 2.05) is 56.3 Å². The van der Waals surface area contributed by atoms with E-state index in [0.29, 0.717) is 6.42 Å². The van der Waals surface area contributed by atoms with Crippen LogP contribution in [0.3, 0.4) is 0 Å². The lowest BCUT2D eigenvalue weighted by Gasteiger charge is -2.16. The molecule has 1 aliphatic heterocycles. The number of hydrogen-bond acceptors (Lipinski definition) is 3. The van der Waals surface area contributed by atoms with Gasteiger partial charge in [-0.15, -0.1) is 0 Å². The highest BCUT2D eigenvalue weighted by molar-refractivity contribution is 5.96. The number of rotatable bonds is 5. The number of hydrogen-bond donors (Lipinski definition) is 2. The minimum atomic E-state index is -0.0919. The highest BCUT2D eigenvalue weighted by Gasteiger charge is 2.21. The monoisotopic (exact) mass is 337 g/mol. The molecule has 130 valence electrons. The normalized spacial score (nSPS) is 13.8. The molecular weight excluding hydrogens is 314 g/mol. The van der Waals surface area contributed by atoms with Crippen LogP contribution in [0, 0.1) is 13.8 Å². The van der Waals surface area contributed by atoms with E-state index in [1.165, 1.54) is 5.56 Å². The molecule has 0 spiro atoms. The molecule has 1 fully saturated rings. The van der Waals surface area contributed by atoms with Gasteiger partial charge in [-0.3, -0.25) is 9.59 Å². The van der Waals surface area contributed by atoms with Crippen LogP contribution in [-0.2, 0) is 9.59 Å². The third-order valence-corrected chi connectivity index (χ3v) is 4.36. The Morgan fingerprint density at radius 1 is 1.12 bits per heavy atom. The second-order valence-corrected chi connectivity index (χ2v) is 6.42. The predicted octanol–water partition coefficient (Wildman–Crippen LogP) is 3.48. The molecule has 2 N–H and O–H groups in total. The van der Waals surface area contributed by atoms with Crippen LogP contribution in [0.15, 0.2) is 42.5 Å². The number of anilines is 3. The molecule has 5 nitrogen and oxygen atoms in total. The average molecular weight is 337 g/mol. The maximum absolute atomic E-state index is 12.1. The number of aryl methyl sites for hydroxylation is 2. The van der Waals surface area contributed by atoms with Crippen LogP contribution in [0.1, 0.15) is 24.0 Å². The van der Waals surface area contributed by atoms with Crippen LogP contribution in [0.4, 0.5) is 17.1 Å². The third-order valence-electron chi connectivity index (χ3n) is 4.36. The van der Waals surface area contributed by atoms with Crippen molar-refractivity contribution in [1.29, 1.82) is 0 Å². The fourth-order valence-electron chi connectivity index (χ4n) is 3.01. The standard InChI is InChI=1S/C20H23N3O2/c1-14-5-10-18(15(2)12-14)22-19(24)13-21-16-6-8-17(9-7-16)23-11-3-4-20(23)25/h5-10,12,21H,3-4,11,13H2,1-2H3,(H,22,24). The Bertz CT molecular complexity index is 784. The molecule has 0 saturated carbocycles. The van der Waals surface area contributed by atoms with Gasteiger partial charge in [0.15, 0.2) is 0 Å². The Balaban J connectivity index is 1.54. The molecule has 1 aliphatic rings. The Kier molecular flexibility index (Phi) is 5.03. The summed E-state index contributed by atoms with van der Waals surface area (Å²) in [6.45, 7) is 4.98. The van der Waals surface area contributed by atoms with Gasteiger partial charge in [-0.1, -0.05) is 17.7 Å². The molecule has 1 heterocycles. The van der Waals surface area contributed by atoms with Gasteiger partial charge in [-0.05, 0) is 56.2 Å². The third kappa shape index (κ3) is 4.18. The molecule has 0 atom stereocenters. The molecule has 0 aromatic heterocycles. The average Bonchev–Trinajstić information content (AvgIpc) is 3.02. The van der Waals surface area contributed by atoms with Gasteiger partial charge in [0.1, 0.15) is 0 Å². The zero-order valence-electron chi connectivity index (χ0n) is 14.6. The van der Waals surface area contributed by atoms with E-state index < -0.39 is 0 Å². The van der Waals surface area contributed by atoms with Gasteiger partial charge < -0.3 is 15.5 Å². The lowest BCUT2D eigenvalue weighted by atomic mass is 10.1. The number of carbonyl (C=O) groups excluding carboxylic acids is 2. The van der Waals surface area contributed by atoms with E-state index in [4.69, 9.17) is 0 Å². The molecule has 2 amide bonds. The van der Waals surface area contributed by atoms with E-state index in [9.17, 15) is 9.59 Å². The summed E-state index contributed by atoms with van der Waals surface area (Å²) in [7, 11) is 0. The molecule has 1 saturated heterocycles. The summed E-state index contributed by atoms with van der Waals surface area (Å²) in [5.74, 6) is 0.0827.